The molecule has 1 atom stereocenters. The van der Waals surface area contributed by atoms with Crippen LogP contribution in [0.4, 0.5) is 5.95 Å². The van der Waals surface area contributed by atoms with Crippen molar-refractivity contribution in [2.75, 3.05) is 5.32 Å². The van der Waals surface area contributed by atoms with Crippen LogP contribution in [0, 0.1) is 20.8 Å². The van der Waals surface area contributed by atoms with Gasteiger partial charge in [0, 0.05) is 5.56 Å². The summed E-state index contributed by atoms with van der Waals surface area (Å²) in [6.07, 6.45) is -0.697. The summed E-state index contributed by atoms with van der Waals surface area (Å²) in [5.41, 5.74) is 4.05. The second-order valence-electron chi connectivity index (χ2n) is 6.24. The molecule has 6 nitrogen and oxygen atoms in total. The Labute approximate surface area is 152 Å². The summed E-state index contributed by atoms with van der Waals surface area (Å²) in [5, 5.41) is 6.42. The molecule has 1 aromatic heterocycles. The van der Waals surface area contributed by atoms with Crippen molar-refractivity contribution >= 4 is 11.9 Å². The second kappa shape index (κ2) is 7.39. The Morgan fingerprint density at radius 1 is 1.12 bits per heavy atom. The fourth-order valence-corrected chi connectivity index (χ4v) is 2.40. The molecule has 6 heteroatoms. The number of rotatable bonds is 5. The van der Waals surface area contributed by atoms with Gasteiger partial charge in [0.05, 0.1) is 0 Å². The van der Waals surface area contributed by atoms with Gasteiger partial charge in [0.15, 0.2) is 6.10 Å². The summed E-state index contributed by atoms with van der Waals surface area (Å²) in [4.78, 5) is 16.6. The summed E-state index contributed by atoms with van der Waals surface area (Å²) in [6.45, 7) is 7.64. The molecule has 3 aromatic rings. The van der Waals surface area contributed by atoms with Crippen molar-refractivity contribution in [3.8, 4) is 17.2 Å². The normalized spacial score (nSPS) is 11.8. The lowest BCUT2D eigenvalue weighted by Gasteiger charge is -2.16. The fourth-order valence-electron chi connectivity index (χ4n) is 2.40. The first kappa shape index (κ1) is 17.7. The zero-order valence-corrected chi connectivity index (χ0v) is 15.2. The smallest absolute Gasteiger partial charge is 0.270 e. The first-order valence-electron chi connectivity index (χ1n) is 8.38. The van der Waals surface area contributed by atoms with E-state index in [0.29, 0.717) is 11.6 Å². The molecule has 0 radical (unpaired) electrons. The highest BCUT2D eigenvalue weighted by Gasteiger charge is 2.19. The molecule has 1 heterocycles. The van der Waals surface area contributed by atoms with Crippen molar-refractivity contribution in [2.45, 2.75) is 33.8 Å². The SMILES string of the molecule is Cc1ccc(-c2nc(NC(=O)[C@@H](C)Oc3cccc(C)c3C)no2)cc1. The molecule has 2 aromatic carbocycles. The number of ether oxygens (including phenoxy) is 1. The van der Waals surface area contributed by atoms with Crippen LogP contribution in [0.25, 0.3) is 11.5 Å². The first-order valence-corrected chi connectivity index (χ1v) is 8.38. The molecule has 0 aliphatic carbocycles. The molecule has 134 valence electrons. The molecule has 0 spiro atoms. The van der Waals surface area contributed by atoms with Crippen LogP contribution in [0.15, 0.2) is 47.0 Å². The van der Waals surface area contributed by atoms with E-state index >= 15 is 0 Å². The van der Waals surface area contributed by atoms with E-state index in [4.69, 9.17) is 9.26 Å². The minimum atomic E-state index is -0.697. The van der Waals surface area contributed by atoms with Crippen molar-refractivity contribution in [3.05, 3.63) is 59.2 Å². The van der Waals surface area contributed by atoms with Crippen molar-refractivity contribution in [2.24, 2.45) is 0 Å². The van der Waals surface area contributed by atoms with Gasteiger partial charge in [-0.3, -0.25) is 10.1 Å². The minimum Gasteiger partial charge on any atom is -0.481 e. The van der Waals surface area contributed by atoms with Gasteiger partial charge in [-0.05, 0) is 62.2 Å². The molecule has 0 aliphatic rings. The predicted octanol–water partition coefficient (Wildman–Crippen LogP) is 4.07. The lowest BCUT2D eigenvalue weighted by atomic mass is 10.1. The Bertz CT molecular complexity index is 916. The number of anilines is 1. The number of carbonyl (C=O) groups excluding carboxylic acids is 1. The number of benzene rings is 2. The van der Waals surface area contributed by atoms with Crippen LogP contribution < -0.4 is 10.1 Å². The highest BCUT2D eigenvalue weighted by molar-refractivity contribution is 5.92. The molecule has 0 bridgehead atoms. The van der Waals surface area contributed by atoms with E-state index in [2.05, 4.69) is 15.5 Å². The van der Waals surface area contributed by atoms with Crippen molar-refractivity contribution in [1.82, 2.24) is 10.1 Å². The fraction of sp³-hybridized carbons (Fsp3) is 0.250. The average Bonchev–Trinajstić information content (AvgIpc) is 3.08. The number of amides is 1. The lowest BCUT2D eigenvalue weighted by molar-refractivity contribution is -0.122. The van der Waals surface area contributed by atoms with Gasteiger partial charge in [-0.25, -0.2) is 0 Å². The van der Waals surface area contributed by atoms with Gasteiger partial charge in [-0.2, -0.15) is 4.98 Å². The predicted molar refractivity (Wildman–Crippen MR) is 99.1 cm³/mol. The lowest BCUT2D eigenvalue weighted by Crippen LogP contribution is -2.30. The first-order chi connectivity index (χ1) is 12.4. The maximum Gasteiger partial charge on any atom is 0.270 e. The molecule has 0 aliphatic heterocycles. The summed E-state index contributed by atoms with van der Waals surface area (Å²) >= 11 is 0. The van der Waals surface area contributed by atoms with E-state index in [1.54, 1.807) is 6.92 Å². The van der Waals surface area contributed by atoms with Crippen molar-refractivity contribution in [1.29, 1.82) is 0 Å². The standard InChI is InChI=1S/C20H21N3O3/c1-12-8-10-16(11-9-12)19-22-20(23-26-19)21-18(24)15(4)25-17-7-5-6-13(2)14(17)3/h5-11,15H,1-4H3,(H,21,23,24)/t15-/m1/s1. The molecule has 0 saturated carbocycles. The van der Waals surface area contributed by atoms with Gasteiger partial charge < -0.3 is 9.26 Å². The molecule has 1 amide bonds. The van der Waals surface area contributed by atoms with Crippen LogP contribution in [-0.4, -0.2) is 22.2 Å². The van der Waals surface area contributed by atoms with E-state index in [-0.39, 0.29) is 11.9 Å². The molecule has 0 saturated heterocycles. The number of nitrogens with zero attached hydrogens (tertiary/aromatic N) is 2. The van der Waals surface area contributed by atoms with Gasteiger partial charge in [0.25, 0.3) is 17.7 Å². The van der Waals surface area contributed by atoms with Gasteiger partial charge in [-0.15, -0.1) is 0 Å². The maximum atomic E-state index is 12.3. The van der Waals surface area contributed by atoms with E-state index in [0.717, 1.165) is 22.3 Å². The third-order valence-corrected chi connectivity index (χ3v) is 4.19. The second-order valence-corrected chi connectivity index (χ2v) is 6.24. The zero-order valence-electron chi connectivity index (χ0n) is 15.2. The molecule has 0 fully saturated rings. The van der Waals surface area contributed by atoms with Gasteiger partial charge >= 0.3 is 0 Å². The summed E-state index contributed by atoms with van der Waals surface area (Å²) in [6, 6.07) is 13.4. The molecule has 0 unspecified atom stereocenters. The largest absolute Gasteiger partial charge is 0.481 e. The van der Waals surface area contributed by atoms with Crippen LogP contribution in [0.5, 0.6) is 5.75 Å². The zero-order chi connectivity index (χ0) is 18.7. The van der Waals surface area contributed by atoms with Crippen LogP contribution >= 0.6 is 0 Å². The number of nitrogens with one attached hydrogen (secondary N) is 1. The Hall–Kier alpha value is -3.15. The molecular formula is C20H21N3O3. The number of aryl methyl sites for hydroxylation is 2. The Morgan fingerprint density at radius 2 is 1.85 bits per heavy atom. The number of aromatic nitrogens is 2. The van der Waals surface area contributed by atoms with Crippen LogP contribution in [0.3, 0.4) is 0 Å². The Balaban J connectivity index is 1.66. The topological polar surface area (TPSA) is 77.2 Å². The van der Waals surface area contributed by atoms with Crippen LogP contribution in [0.1, 0.15) is 23.6 Å². The Morgan fingerprint density at radius 3 is 2.58 bits per heavy atom. The molecule has 26 heavy (non-hydrogen) atoms. The quantitative estimate of drug-likeness (QED) is 0.750. The van der Waals surface area contributed by atoms with Crippen molar-refractivity contribution < 1.29 is 14.1 Å². The van der Waals surface area contributed by atoms with Gasteiger partial charge in [0.2, 0.25) is 0 Å². The van der Waals surface area contributed by atoms with Gasteiger partial charge in [-0.1, -0.05) is 29.8 Å². The van der Waals surface area contributed by atoms with E-state index in [1.807, 2.05) is 63.2 Å². The molecular weight excluding hydrogens is 330 g/mol. The molecule has 3 rings (SSSR count). The number of hydrogen-bond acceptors (Lipinski definition) is 5. The van der Waals surface area contributed by atoms with Crippen LogP contribution in [0.2, 0.25) is 0 Å². The summed E-state index contributed by atoms with van der Waals surface area (Å²) < 4.78 is 11.0. The maximum absolute atomic E-state index is 12.3. The highest BCUT2D eigenvalue weighted by Crippen LogP contribution is 2.22. The summed E-state index contributed by atoms with van der Waals surface area (Å²) in [7, 11) is 0. The third-order valence-electron chi connectivity index (χ3n) is 4.19. The monoisotopic (exact) mass is 351 g/mol. The van der Waals surface area contributed by atoms with E-state index < -0.39 is 6.10 Å². The van der Waals surface area contributed by atoms with Crippen LogP contribution in [-0.2, 0) is 4.79 Å². The minimum absolute atomic E-state index is 0.113. The van der Waals surface area contributed by atoms with E-state index in [1.165, 1.54) is 0 Å². The number of carbonyl (C=O) groups is 1. The van der Waals surface area contributed by atoms with E-state index in [9.17, 15) is 4.79 Å². The number of hydrogen-bond donors (Lipinski definition) is 1. The van der Waals surface area contributed by atoms with Gasteiger partial charge in [0.1, 0.15) is 5.75 Å². The average molecular weight is 351 g/mol. The molecule has 1 N–H and O–H groups in total. The third kappa shape index (κ3) is 3.91. The summed E-state index contributed by atoms with van der Waals surface area (Å²) in [5.74, 6) is 0.800. The highest BCUT2D eigenvalue weighted by atomic mass is 16.5. The Kier molecular flexibility index (Phi) is 5.02. The van der Waals surface area contributed by atoms with Crippen molar-refractivity contribution in [3.63, 3.8) is 0 Å².